The van der Waals surface area contributed by atoms with Crippen LogP contribution in [0.2, 0.25) is 0 Å². The molecule has 4 nitrogen and oxygen atoms in total. The van der Waals surface area contributed by atoms with Crippen LogP contribution in [0.15, 0.2) is 183 Å². The molecular formula is C54H28BNO3S. The Hall–Kier alpha value is -7.54. The molecule has 0 aliphatic carbocycles. The predicted octanol–water partition coefficient (Wildman–Crippen LogP) is 13.7. The van der Waals surface area contributed by atoms with E-state index in [1.165, 1.54) is 58.8 Å². The summed E-state index contributed by atoms with van der Waals surface area (Å²) in [6, 6.07) is 61.6. The largest absolute Gasteiger partial charge is 0.456 e. The van der Waals surface area contributed by atoms with E-state index in [-0.39, 0.29) is 6.71 Å². The second-order valence-electron chi connectivity index (χ2n) is 16.3. The molecule has 0 amide bonds. The molecule has 2 aliphatic heterocycles. The van der Waals surface area contributed by atoms with Gasteiger partial charge in [0.1, 0.15) is 33.5 Å². The summed E-state index contributed by atoms with van der Waals surface area (Å²) < 4.78 is 22.4. The number of furan rings is 3. The molecule has 0 N–H and O–H groups in total. The van der Waals surface area contributed by atoms with Gasteiger partial charge in [-0.2, -0.15) is 0 Å². The summed E-state index contributed by atoms with van der Waals surface area (Å²) >= 11 is 1.86. The Morgan fingerprint density at radius 2 is 0.983 bits per heavy atom. The lowest BCUT2D eigenvalue weighted by Gasteiger charge is -2.36. The van der Waals surface area contributed by atoms with Gasteiger partial charge in [0.25, 0.3) is 0 Å². The van der Waals surface area contributed by atoms with Crippen LogP contribution in [0.4, 0.5) is 17.1 Å². The third-order valence-corrected chi connectivity index (χ3v) is 14.4. The van der Waals surface area contributed by atoms with Gasteiger partial charge in [-0.25, -0.2) is 0 Å². The fraction of sp³-hybridized carbons (Fsp3) is 0. The van der Waals surface area contributed by atoms with Crippen LogP contribution in [-0.4, -0.2) is 6.71 Å². The summed E-state index contributed by atoms with van der Waals surface area (Å²) in [7, 11) is 0. The number of hydrogen-bond acceptors (Lipinski definition) is 5. The van der Waals surface area contributed by atoms with E-state index in [4.69, 9.17) is 13.3 Å². The molecule has 2 aliphatic rings. The molecule has 60 heavy (non-hydrogen) atoms. The Labute approximate surface area is 346 Å². The summed E-state index contributed by atoms with van der Waals surface area (Å²) in [6.45, 7) is -0.0193. The second-order valence-corrected chi connectivity index (χ2v) is 17.4. The highest BCUT2D eigenvalue weighted by Gasteiger charge is 2.44. The van der Waals surface area contributed by atoms with Crippen molar-refractivity contribution in [3.63, 3.8) is 0 Å². The fourth-order valence-electron chi connectivity index (χ4n) is 10.7. The van der Waals surface area contributed by atoms with Crippen molar-refractivity contribution < 1.29 is 13.3 Å². The third-order valence-electron chi connectivity index (χ3n) is 13.2. The summed E-state index contributed by atoms with van der Waals surface area (Å²) in [5, 5.41) is 9.33. The zero-order valence-corrected chi connectivity index (χ0v) is 32.6. The summed E-state index contributed by atoms with van der Waals surface area (Å²) in [6.07, 6.45) is 0. The molecule has 0 bridgehead atoms. The Morgan fingerprint density at radius 3 is 1.73 bits per heavy atom. The van der Waals surface area contributed by atoms with Crippen molar-refractivity contribution >= 4 is 137 Å². The van der Waals surface area contributed by atoms with Gasteiger partial charge in [-0.1, -0.05) is 103 Å². The molecule has 15 rings (SSSR count). The van der Waals surface area contributed by atoms with Gasteiger partial charge >= 0.3 is 0 Å². The highest BCUT2D eigenvalue weighted by Crippen LogP contribution is 2.48. The Morgan fingerprint density at radius 1 is 0.383 bits per heavy atom. The Kier molecular flexibility index (Phi) is 5.84. The first-order valence-corrected chi connectivity index (χ1v) is 21.2. The van der Waals surface area contributed by atoms with Crippen molar-refractivity contribution in [2.75, 3.05) is 4.90 Å². The van der Waals surface area contributed by atoms with E-state index >= 15 is 0 Å². The van der Waals surface area contributed by atoms with Crippen molar-refractivity contribution in [3.8, 4) is 22.3 Å². The number of nitrogens with zero attached hydrogens (tertiary/aromatic N) is 1. The van der Waals surface area contributed by atoms with E-state index < -0.39 is 0 Å². The minimum absolute atomic E-state index is 0.0193. The maximum Gasteiger partial charge on any atom is 0.248 e. The van der Waals surface area contributed by atoms with E-state index in [1.807, 2.05) is 23.5 Å². The lowest BCUT2D eigenvalue weighted by molar-refractivity contribution is 0.668. The molecular weight excluding hydrogens is 753 g/mol. The van der Waals surface area contributed by atoms with Crippen molar-refractivity contribution in [2.24, 2.45) is 0 Å². The number of hydrogen-bond donors (Lipinski definition) is 0. The minimum Gasteiger partial charge on any atom is -0.456 e. The topological polar surface area (TPSA) is 42.7 Å². The maximum atomic E-state index is 6.66. The minimum atomic E-state index is -0.0193. The molecule has 13 aromatic rings. The molecule has 4 aromatic heterocycles. The molecule has 0 saturated carbocycles. The van der Waals surface area contributed by atoms with E-state index in [9.17, 15) is 0 Å². The lowest BCUT2D eigenvalue weighted by atomic mass is 9.37. The number of benzene rings is 9. The van der Waals surface area contributed by atoms with Crippen LogP contribution in [0.3, 0.4) is 0 Å². The molecule has 0 atom stereocenters. The number of para-hydroxylation sites is 3. The molecule has 0 fully saturated rings. The molecule has 276 valence electrons. The average Bonchev–Trinajstić information content (AvgIpc) is 4.10. The SMILES string of the molecule is c1ccc2c(c1)oc1cc(N3c4cc5oc6ccccc6c5cc4B4c5cc6c(cc5-c5cc(-c7cccc8sc9ccccc9c78)cc3c54)oc3ccccc36)ccc12. The zero-order valence-electron chi connectivity index (χ0n) is 31.8. The van der Waals surface area contributed by atoms with Crippen molar-refractivity contribution in [1.29, 1.82) is 0 Å². The van der Waals surface area contributed by atoms with Gasteiger partial charge < -0.3 is 18.2 Å². The Balaban J connectivity index is 1.09. The number of rotatable bonds is 2. The molecule has 0 spiro atoms. The van der Waals surface area contributed by atoms with E-state index in [0.717, 1.165) is 82.9 Å². The van der Waals surface area contributed by atoms with Gasteiger partial charge in [-0.15, -0.1) is 11.3 Å². The van der Waals surface area contributed by atoms with Crippen LogP contribution in [0.25, 0.3) is 108 Å². The molecule has 0 radical (unpaired) electrons. The molecule has 9 aromatic carbocycles. The van der Waals surface area contributed by atoms with E-state index in [2.05, 4.69) is 163 Å². The zero-order chi connectivity index (χ0) is 38.8. The van der Waals surface area contributed by atoms with Gasteiger partial charge in [0.05, 0.1) is 0 Å². The van der Waals surface area contributed by atoms with Gasteiger partial charge in [-0.3, -0.25) is 0 Å². The summed E-state index contributed by atoms with van der Waals surface area (Å²) in [5.74, 6) is 0. The molecule has 6 heteroatoms. The fourth-order valence-corrected chi connectivity index (χ4v) is 11.9. The highest BCUT2D eigenvalue weighted by atomic mass is 32.1. The second kappa shape index (κ2) is 11.1. The average molecular weight is 782 g/mol. The van der Waals surface area contributed by atoms with Crippen LogP contribution in [0, 0.1) is 0 Å². The number of fused-ring (bicyclic) bond motifs is 17. The van der Waals surface area contributed by atoms with Crippen molar-refractivity contribution in [3.05, 3.63) is 170 Å². The third kappa shape index (κ3) is 4.01. The monoisotopic (exact) mass is 781 g/mol. The first kappa shape index (κ1) is 31.5. The van der Waals surface area contributed by atoms with Gasteiger partial charge in [0, 0.05) is 81.7 Å². The van der Waals surface area contributed by atoms with Crippen LogP contribution in [-0.2, 0) is 0 Å². The van der Waals surface area contributed by atoms with Gasteiger partial charge in [0.2, 0.25) is 6.71 Å². The quantitative estimate of drug-likeness (QED) is 0.164. The molecule has 6 heterocycles. The van der Waals surface area contributed by atoms with Crippen molar-refractivity contribution in [1.82, 2.24) is 0 Å². The number of thiophene rings is 1. The van der Waals surface area contributed by atoms with E-state index in [0.29, 0.717) is 0 Å². The first-order valence-electron chi connectivity index (χ1n) is 20.4. The summed E-state index contributed by atoms with van der Waals surface area (Å²) in [5.41, 5.74) is 17.3. The van der Waals surface area contributed by atoms with Gasteiger partial charge in [-0.05, 0) is 93.8 Å². The normalized spacial score (nSPS) is 13.3. The highest BCUT2D eigenvalue weighted by molar-refractivity contribution is 7.26. The van der Waals surface area contributed by atoms with Crippen LogP contribution in [0.5, 0.6) is 0 Å². The maximum absolute atomic E-state index is 6.66. The molecule has 0 saturated heterocycles. The van der Waals surface area contributed by atoms with Crippen LogP contribution >= 0.6 is 11.3 Å². The van der Waals surface area contributed by atoms with Gasteiger partial charge in [0.15, 0.2) is 0 Å². The predicted molar refractivity (Wildman–Crippen MR) is 251 cm³/mol. The Bertz CT molecular complexity index is 4050. The van der Waals surface area contributed by atoms with E-state index in [1.54, 1.807) is 0 Å². The lowest BCUT2D eigenvalue weighted by Crippen LogP contribution is -2.54. The molecule has 0 unspecified atom stereocenters. The van der Waals surface area contributed by atoms with Crippen LogP contribution < -0.4 is 21.3 Å². The smallest absolute Gasteiger partial charge is 0.248 e. The van der Waals surface area contributed by atoms with Crippen molar-refractivity contribution in [2.45, 2.75) is 0 Å². The first-order chi connectivity index (χ1) is 29.7. The number of anilines is 3. The summed E-state index contributed by atoms with van der Waals surface area (Å²) in [4.78, 5) is 2.46. The van der Waals surface area contributed by atoms with Crippen LogP contribution in [0.1, 0.15) is 0 Å². The standard InChI is InChI=1S/C54H28BNO3S/c1-5-15-45-32(10-1)35-21-20-30(24-48(35)57-45)56-43-28-50-39(34-12-3-7-17-47(34)59-50)26-42(43)55-41-25-38-33-11-2-6-16-46(33)58-49(38)27-37(41)40-22-29(23-44(56)54(40)55)31-14-9-19-52-53(31)36-13-4-8-18-51(36)60-52/h1-28H.